The molecule has 0 aliphatic carbocycles. The van der Waals surface area contributed by atoms with E-state index in [-0.39, 0.29) is 6.04 Å². The highest BCUT2D eigenvalue weighted by Gasteiger charge is 2.41. The van der Waals surface area contributed by atoms with Crippen LogP contribution in [0.1, 0.15) is 12.0 Å². The van der Waals surface area contributed by atoms with Crippen molar-refractivity contribution in [3.05, 3.63) is 35.9 Å². The Kier molecular flexibility index (Phi) is 3.74. The van der Waals surface area contributed by atoms with Crippen molar-refractivity contribution in [2.24, 2.45) is 4.99 Å². The average Bonchev–Trinajstić information content (AvgIpc) is 2.87. The molecule has 1 saturated heterocycles. The van der Waals surface area contributed by atoms with Gasteiger partial charge in [0.2, 0.25) is 0 Å². The molecule has 5 heteroatoms. The molecular weight excluding hydrogens is 256 g/mol. The Bertz CT molecular complexity index is 491. The van der Waals surface area contributed by atoms with Gasteiger partial charge in [-0.1, -0.05) is 30.3 Å². The summed E-state index contributed by atoms with van der Waals surface area (Å²) >= 11 is 0. The van der Waals surface area contributed by atoms with Gasteiger partial charge in [0.05, 0.1) is 6.04 Å². The van der Waals surface area contributed by atoms with Crippen LogP contribution in [0.2, 0.25) is 0 Å². The van der Waals surface area contributed by atoms with E-state index in [1.165, 1.54) is 5.56 Å². The third-order valence-electron chi connectivity index (χ3n) is 4.07. The Morgan fingerprint density at radius 1 is 1.10 bits per heavy atom. The number of amidine groups is 1. The Labute approximate surface area is 118 Å². The minimum Gasteiger partial charge on any atom is -0.388 e. The van der Waals surface area contributed by atoms with E-state index in [9.17, 15) is 15.3 Å². The van der Waals surface area contributed by atoms with E-state index in [1.807, 2.05) is 23.1 Å². The molecule has 0 bridgehead atoms. The van der Waals surface area contributed by atoms with E-state index in [0.29, 0.717) is 18.9 Å². The van der Waals surface area contributed by atoms with Gasteiger partial charge in [0, 0.05) is 13.1 Å². The minimum atomic E-state index is -1.13. The quantitative estimate of drug-likeness (QED) is 0.714. The zero-order chi connectivity index (χ0) is 14.1. The van der Waals surface area contributed by atoms with E-state index >= 15 is 0 Å². The van der Waals surface area contributed by atoms with Gasteiger partial charge in [-0.3, -0.25) is 4.99 Å². The van der Waals surface area contributed by atoms with Crippen LogP contribution < -0.4 is 0 Å². The highest BCUT2D eigenvalue weighted by Crippen LogP contribution is 2.23. The third-order valence-corrected chi connectivity index (χ3v) is 4.07. The largest absolute Gasteiger partial charge is 0.388 e. The van der Waals surface area contributed by atoms with Crippen LogP contribution in [-0.4, -0.2) is 63.5 Å². The van der Waals surface area contributed by atoms with Gasteiger partial charge >= 0.3 is 0 Å². The summed E-state index contributed by atoms with van der Waals surface area (Å²) in [6.45, 7) is 1.06. The van der Waals surface area contributed by atoms with Gasteiger partial charge in [0.1, 0.15) is 24.1 Å². The molecule has 2 aliphatic heterocycles. The van der Waals surface area contributed by atoms with Crippen LogP contribution in [-0.2, 0) is 6.42 Å². The molecule has 1 aromatic carbocycles. The molecule has 5 nitrogen and oxygen atoms in total. The summed E-state index contributed by atoms with van der Waals surface area (Å²) in [4.78, 5) is 6.40. The Morgan fingerprint density at radius 2 is 1.85 bits per heavy atom. The molecule has 1 aromatic rings. The molecular formula is C15H20N2O3. The van der Waals surface area contributed by atoms with Crippen LogP contribution >= 0.6 is 0 Å². The second kappa shape index (κ2) is 5.52. The Hall–Kier alpha value is -1.43. The van der Waals surface area contributed by atoms with Crippen LogP contribution in [0.4, 0.5) is 0 Å². The molecule has 0 aromatic heterocycles. The third kappa shape index (κ3) is 2.57. The molecule has 2 heterocycles. The van der Waals surface area contributed by atoms with Gasteiger partial charge in [0.15, 0.2) is 0 Å². The fourth-order valence-corrected chi connectivity index (χ4v) is 2.92. The topological polar surface area (TPSA) is 76.3 Å². The number of aliphatic imine (C=N–C) groups is 1. The normalized spacial score (nSPS) is 33.0. The second-order valence-corrected chi connectivity index (χ2v) is 5.57. The van der Waals surface area contributed by atoms with Gasteiger partial charge in [-0.2, -0.15) is 0 Å². The van der Waals surface area contributed by atoms with Crippen molar-refractivity contribution in [2.45, 2.75) is 37.2 Å². The monoisotopic (exact) mass is 276 g/mol. The smallest absolute Gasteiger partial charge is 0.139 e. The summed E-state index contributed by atoms with van der Waals surface area (Å²) in [6.07, 6.45) is -1.25. The Balaban J connectivity index is 1.62. The summed E-state index contributed by atoms with van der Waals surface area (Å²) in [5, 5.41) is 29.3. The van der Waals surface area contributed by atoms with E-state index in [4.69, 9.17) is 0 Å². The van der Waals surface area contributed by atoms with Gasteiger partial charge in [-0.25, -0.2) is 0 Å². The van der Waals surface area contributed by atoms with Crippen molar-refractivity contribution in [2.75, 3.05) is 13.1 Å². The lowest BCUT2D eigenvalue weighted by Crippen LogP contribution is -2.57. The lowest BCUT2D eigenvalue weighted by molar-refractivity contribution is -0.0595. The lowest BCUT2D eigenvalue weighted by Gasteiger charge is -2.36. The van der Waals surface area contributed by atoms with Crippen LogP contribution in [0.5, 0.6) is 0 Å². The van der Waals surface area contributed by atoms with Crippen LogP contribution in [0.3, 0.4) is 0 Å². The second-order valence-electron chi connectivity index (χ2n) is 5.57. The van der Waals surface area contributed by atoms with Crippen molar-refractivity contribution < 1.29 is 15.3 Å². The molecule has 0 saturated carbocycles. The molecule has 2 aliphatic rings. The number of aryl methyl sites for hydroxylation is 1. The molecule has 20 heavy (non-hydrogen) atoms. The van der Waals surface area contributed by atoms with Gasteiger partial charge in [-0.05, 0) is 18.4 Å². The zero-order valence-electron chi connectivity index (χ0n) is 11.3. The van der Waals surface area contributed by atoms with E-state index in [1.54, 1.807) is 0 Å². The predicted molar refractivity (Wildman–Crippen MR) is 75.6 cm³/mol. The van der Waals surface area contributed by atoms with Gasteiger partial charge in [0.25, 0.3) is 0 Å². The van der Waals surface area contributed by atoms with Gasteiger partial charge < -0.3 is 20.2 Å². The van der Waals surface area contributed by atoms with Crippen molar-refractivity contribution in [1.82, 2.24) is 4.90 Å². The highest BCUT2D eigenvalue weighted by molar-refractivity contribution is 5.89. The molecule has 0 radical (unpaired) electrons. The van der Waals surface area contributed by atoms with Crippen molar-refractivity contribution in [3.8, 4) is 0 Å². The number of aliphatic hydroxyl groups excluding tert-OH is 3. The van der Waals surface area contributed by atoms with E-state index in [0.717, 1.165) is 12.8 Å². The highest BCUT2D eigenvalue weighted by atomic mass is 16.4. The first-order chi connectivity index (χ1) is 9.65. The molecule has 108 valence electrons. The maximum absolute atomic E-state index is 9.94. The van der Waals surface area contributed by atoms with Gasteiger partial charge in [-0.15, -0.1) is 0 Å². The van der Waals surface area contributed by atoms with Crippen LogP contribution in [0, 0.1) is 0 Å². The first-order valence-electron chi connectivity index (χ1n) is 7.06. The SMILES string of the molecule is O[C@H]1[C@@H](O)CN2CC(CCc3ccccc3)N=C2[C@@H]1O. The number of hydrogen-bond donors (Lipinski definition) is 3. The number of aliphatic hydroxyl groups is 3. The van der Waals surface area contributed by atoms with Crippen LogP contribution in [0.25, 0.3) is 0 Å². The first-order valence-corrected chi connectivity index (χ1v) is 7.06. The minimum absolute atomic E-state index is 0.123. The molecule has 3 N–H and O–H groups in total. The van der Waals surface area contributed by atoms with Crippen LogP contribution in [0.15, 0.2) is 35.3 Å². The van der Waals surface area contributed by atoms with Crippen molar-refractivity contribution in [3.63, 3.8) is 0 Å². The summed E-state index contributed by atoms with van der Waals surface area (Å²) < 4.78 is 0. The number of fused-ring (bicyclic) bond motifs is 1. The predicted octanol–water partition coefficient (Wildman–Crippen LogP) is -0.202. The fourth-order valence-electron chi connectivity index (χ4n) is 2.92. The summed E-state index contributed by atoms with van der Waals surface area (Å²) in [5.74, 6) is 0.529. The molecule has 4 atom stereocenters. The number of nitrogens with zero attached hydrogens (tertiary/aromatic N) is 2. The maximum Gasteiger partial charge on any atom is 0.139 e. The molecule has 0 spiro atoms. The van der Waals surface area contributed by atoms with Crippen molar-refractivity contribution >= 4 is 5.84 Å². The average molecular weight is 276 g/mol. The summed E-state index contributed by atoms with van der Waals surface area (Å²) in [7, 11) is 0. The Morgan fingerprint density at radius 3 is 2.60 bits per heavy atom. The number of piperidine rings is 1. The number of hydrogen-bond acceptors (Lipinski definition) is 5. The number of benzene rings is 1. The zero-order valence-corrected chi connectivity index (χ0v) is 11.3. The summed E-state index contributed by atoms with van der Waals surface area (Å²) in [6, 6.07) is 10.4. The first kappa shape index (κ1) is 13.5. The molecule has 3 rings (SSSR count). The molecule has 0 amide bonds. The summed E-state index contributed by atoms with van der Waals surface area (Å²) in [5.41, 5.74) is 1.28. The fraction of sp³-hybridized carbons (Fsp3) is 0.533. The molecule has 1 unspecified atom stereocenters. The van der Waals surface area contributed by atoms with Crippen molar-refractivity contribution in [1.29, 1.82) is 0 Å². The maximum atomic E-state index is 9.94. The number of rotatable bonds is 3. The van der Waals surface area contributed by atoms with E-state index in [2.05, 4.69) is 17.1 Å². The van der Waals surface area contributed by atoms with E-state index < -0.39 is 18.3 Å². The lowest BCUT2D eigenvalue weighted by atomic mass is 10.0. The standard InChI is InChI=1S/C15H20N2O3/c18-12-9-17-8-11(16-15(17)14(20)13(12)19)7-6-10-4-2-1-3-5-10/h1-5,11-14,18-20H,6-9H2/t11?,12-,13-,14+/m0/s1. The molecule has 1 fully saturated rings.